The molecular formula is C16H15BrF3N. The fourth-order valence-corrected chi connectivity index (χ4v) is 2.59. The summed E-state index contributed by atoms with van der Waals surface area (Å²) in [5.74, 6) is 0. The van der Waals surface area contributed by atoms with E-state index < -0.39 is 11.7 Å². The van der Waals surface area contributed by atoms with E-state index in [-0.39, 0.29) is 6.04 Å². The Labute approximate surface area is 130 Å². The third kappa shape index (κ3) is 4.32. The highest BCUT2D eigenvalue weighted by Crippen LogP contribution is 2.30. The highest BCUT2D eigenvalue weighted by atomic mass is 79.9. The van der Waals surface area contributed by atoms with Gasteiger partial charge in [0.15, 0.2) is 0 Å². The zero-order valence-corrected chi connectivity index (χ0v) is 13.0. The van der Waals surface area contributed by atoms with Crippen LogP contribution in [0.15, 0.2) is 53.0 Å². The lowest BCUT2D eigenvalue weighted by molar-refractivity contribution is -0.137. The molecule has 0 saturated carbocycles. The minimum Gasteiger partial charge on any atom is -0.313 e. The van der Waals surface area contributed by atoms with Gasteiger partial charge in [0.2, 0.25) is 0 Å². The van der Waals surface area contributed by atoms with Gasteiger partial charge in [0, 0.05) is 10.5 Å². The molecule has 112 valence electrons. The van der Waals surface area contributed by atoms with Crippen molar-refractivity contribution in [3.8, 4) is 0 Å². The number of alkyl halides is 3. The van der Waals surface area contributed by atoms with Crippen LogP contribution in [0, 0.1) is 0 Å². The van der Waals surface area contributed by atoms with Crippen LogP contribution in [0.25, 0.3) is 0 Å². The van der Waals surface area contributed by atoms with E-state index in [1.807, 2.05) is 31.3 Å². The van der Waals surface area contributed by atoms with Gasteiger partial charge in [0.25, 0.3) is 0 Å². The first-order valence-corrected chi connectivity index (χ1v) is 7.28. The van der Waals surface area contributed by atoms with Crippen molar-refractivity contribution in [2.45, 2.75) is 18.6 Å². The third-order valence-electron chi connectivity index (χ3n) is 3.32. The molecule has 0 bridgehead atoms. The van der Waals surface area contributed by atoms with Gasteiger partial charge in [-0.3, -0.25) is 0 Å². The second-order valence-electron chi connectivity index (χ2n) is 4.80. The Hall–Kier alpha value is -1.33. The number of hydrogen-bond acceptors (Lipinski definition) is 1. The summed E-state index contributed by atoms with van der Waals surface area (Å²) in [6.45, 7) is 0. The molecule has 2 aromatic carbocycles. The van der Waals surface area contributed by atoms with Crippen LogP contribution in [-0.4, -0.2) is 7.05 Å². The number of benzene rings is 2. The SMILES string of the molecule is CNC(Cc1ccc(C(F)(F)F)cc1)c1cccc(Br)c1. The summed E-state index contributed by atoms with van der Waals surface area (Å²) in [7, 11) is 1.84. The Morgan fingerprint density at radius 3 is 2.29 bits per heavy atom. The number of rotatable bonds is 4. The number of likely N-dealkylation sites (N-methyl/N-ethyl adjacent to an activating group) is 1. The molecule has 0 aliphatic rings. The van der Waals surface area contributed by atoms with E-state index in [9.17, 15) is 13.2 Å². The minimum atomic E-state index is -4.29. The van der Waals surface area contributed by atoms with Crippen molar-refractivity contribution >= 4 is 15.9 Å². The van der Waals surface area contributed by atoms with Gasteiger partial charge in [-0.2, -0.15) is 13.2 Å². The number of nitrogens with one attached hydrogen (secondary N) is 1. The van der Waals surface area contributed by atoms with Crippen molar-refractivity contribution in [2.75, 3.05) is 7.05 Å². The van der Waals surface area contributed by atoms with Gasteiger partial charge in [-0.05, 0) is 48.9 Å². The first-order chi connectivity index (χ1) is 9.90. The zero-order valence-electron chi connectivity index (χ0n) is 11.4. The summed E-state index contributed by atoms with van der Waals surface area (Å²) in [5.41, 5.74) is 1.34. The van der Waals surface area contributed by atoms with E-state index in [4.69, 9.17) is 0 Å². The molecule has 0 spiro atoms. The first kappa shape index (κ1) is 16.0. The Balaban J connectivity index is 2.15. The molecule has 0 aliphatic heterocycles. The Bertz CT molecular complexity index is 593. The first-order valence-electron chi connectivity index (χ1n) is 6.49. The molecule has 0 fully saturated rings. The van der Waals surface area contributed by atoms with E-state index in [1.165, 1.54) is 12.1 Å². The zero-order chi connectivity index (χ0) is 15.5. The quantitative estimate of drug-likeness (QED) is 0.814. The van der Waals surface area contributed by atoms with E-state index in [0.717, 1.165) is 27.7 Å². The lowest BCUT2D eigenvalue weighted by Gasteiger charge is -2.17. The van der Waals surface area contributed by atoms with E-state index in [2.05, 4.69) is 21.2 Å². The second-order valence-corrected chi connectivity index (χ2v) is 5.71. The van der Waals surface area contributed by atoms with Crippen molar-refractivity contribution in [1.82, 2.24) is 5.32 Å². The van der Waals surface area contributed by atoms with E-state index >= 15 is 0 Å². The monoisotopic (exact) mass is 357 g/mol. The lowest BCUT2D eigenvalue weighted by atomic mass is 9.98. The Morgan fingerprint density at radius 2 is 1.76 bits per heavy atom. The normalized spacial score (nSPS) is 13.2. The maximum atomic E-state index is 12.5. The maximum Gasteiger partial charge on any atom is 0.416 e. The maximum absolute atomic E-state index is 12.5. The molecule has 2 rings (SSSR count). The average molecular weight is 358 g/mol. The van der Waals surface area contributed by atoms with E-state index in [0.29, 0.717) is 6.42 Å². The predicted octanol–water partition coefficient (Wildman–Crippen LogP) is 4.97. The van der Waals surface area contributed by atoms with Gasteiger partial charge in [-0.15, -0.1) is 0 Å². The van der Waals surface area contributed by atoms with Crippen LogP contribution in [0.4, 0.5) is 13.2 Å². The molecule has 0 saturated heterocycles. The average Bonchev–Trinajstić information content (AvgIpc) is 2.44. The molecule has 0 heterocycles. The van der Waals surface area contributed by atoms with Crippen molar-refractivity contribution in [3.63, 3.8) is 0 Å². The van der Waals surface area contributed by atoms with Gasteiger partial charge in [0.1, 0.15) is 0 Å². The molecule has 0 aliphatic carbocycles. The molecule has 5 heteroatoms. The summed E-state index contributed by atoms with van der Waals surface area (Å²) >= 11 is 3.42. The highest BCUT2D eigenvalue weighted by Gasteiger charge is 2.29. The second kappa shape index (κ2) is 6.62. The van der Waals surface area contributed by atoms with Crippen LogP contribution in [0.3, 0.4) is 0 Å². The Morgan fingerprint density at radius 1 is 1.10 bits per heavy atom. The molecule has 1 N–H and O–H groups in total. The Kier molecular flexibility index (Phi) is 5.06. The summed E-state index contributed by atoms with van der Waals surface area (Å²) in [6.07, 6.45) is -3.66. The molecular weight excluding hydrogens is 343 g/mol. The van der Waals surface area contributed by atoms with Crippen LogP contribution >= 0.6 is 15.9 Å². The fourth-order valence-electron chi connectivity index (χ4n) is 2.18. The summed E-state index contributed by atoms with van der Waals surface area (Å²) in [6, 6.07) is 13.3. The topological polar surface area (TPSA) is 12.0 Å². The van der Waals surface area contributed by atoms with Gasteiger partial charge < -0.3 is 5.32 Å². The summed E-state index contributed by atoms with van der Waals surface area (Å²) in [5, 5.41) is 3.20. The largest absolute Gasteiger partial charge is 0.416 e. The van der Waals surface area contributed by atoms with Gasteiger partial charge >= 0.3 is 6.18 Å². The molecule has 21 heavy (non-hydrogen) atoms. The molecule has 0 amide bonds. The third-order valence-corrected chi connectivity index (χ3v) is 3.81. The molecule has 1 unspecified atom stereocenters. The van der Waals surface area contributed by atoms with Crippen LogP contribution in [0.5, 0.6) is 0 Å². The minimum absolute atomic E-state index is 0.0548. The fraction of sp³-hybridized carbons (Fsp3) is 0.250. The van der Waals surface area contributed by atoms with Crippen molar-refractivity contribution in [2.24, 2.45) is 0 Å². The number of halogens is 4. The van der Waals surface area contributed by atoms with Gasteiger partial charge in [-0.25, -0.2) is 0 Å². The van der Waals surface area contributed by atoms with Crippen LogP contribution in [0.2, 0.25) is 0 Å². The van der Waals surface area contributed by atoms with Crippen molar-refractivity contribution in [3.05, 3.63) is 69.7 Å². The lowest BCUT2D eigenvalue weighted by Crippen LogP contribution is -2.18. The van der Waals surface area contributed by atoms with Gasteiger partial charge in [0.05, 0.1) is 5.56 Å². The van der Waals surface area contributed by atoms with E-state index in [1.54, 1.807) is 0 Å². The van der Waals surface area contributed by atoms with Crippen molar-refractivity contribution < 1.29 is 13.2 Å². The predicted molar refractivity (Wildman–Crippen MR) is 81.1 cm³/mol. The molecule has 1 nitrogen and oxygen atoms in total. The van der Waals surface area contributed by atoms with Crippen LogP contribution in [-0.2, 0) is 12.6 Å². The standard InChI is InChI=1S/C16H15BrF3N/c1-21-15(12-3-2-4-14(17)10-12)9-11-5-7-13(8-6-11)16(18,19)20/h2-8,10,15,21H,9H2,1H3. The molecule has 0 aromatic heterocycles. The number of hydrogen-bond donors (Lipinski definition) is 1. The van der Waals surface area contributed by atoms with Crippen LogP contribution in [0.1, 0.15) is 22.7 Å². The smallest absolute Gasteiger partial charge is 0.313 e. The van der Waals surface area contributed by atoms with Crippen LogP contribution < -0.4 is 5.32 Å². The van der Waals surface area contributed by atoms with Crippen molar-refractivity contribution in [1.29, 1.82) is 0 Å². The summed E-state index contributed by atoms with van der Waals surface area (Å²) < 4.78 is 38.6. The highest BCUT2D eigenvalue weighted by molar-refractivity contribution is 9.10. The van der Waals surface area contributed by atoms with Gasteiger partial charge in [-0.1, -0.05) is 40.2 Å². The molecule has 1 atom stereocenters. The molecule has 2 aromatic rings. The molecule has 0 radical (unpaired) electrons. The summed E-state index contributed by atoms with van der Waals surface area (Å²) in [4.78, 5) is 0.